The van der Waals surface area contributed by atoms with E-state index in [4.69, 9.17) is 4.74 Å². The monoisotopic (exact) mass is 212 g/mol. The van der Waals surface area contributed by atoms with Crippen molar-refractivity contribution in [1.29, 1.82) is 0 Å². The summed E-state index contributed by atoms with van der Waals surface area (Å²) in [6, 6.07) is 0. The van der Waals surface area contributed by atoms with Crippen LogP contribution in [0.2, 0.25) is 0 Å². The molecule has 2 rings (SSSR count). The highest BCUT2D eigenvalue weighted by Crippen LogP contribution is 2.20. The minimum absolute atomic E-state index is 0.455. The second kappa shape index (κ2) is 5.28. The maximum atomic E-state index is 5.56. The Morgan fingerprint density at radius 3 is 2.60 bits per heavy atom. The molecule has 0 aliphatic carbocycles. The largest absolute Gasteiger partial charge is 0.378 e. The van der Waals surface area contributed by atoms with Gasteiger partial charge in [-0.25, -0.2) is 0 Å². The first kappa shape index (κ1) is 11.4. The molecule has 0 aromatic heterocycles. The number of ether oxygens (including phenoxy) is 1. The molecule has 0 amide bonds. The second-order valence-electron chi connectivity index (χ2n) is 5.18. The molecule has 88 valence electrons. The van der Waals surface area contributed by atoms with Crippen molar-refractivity contribution in [3.63, 3.8) is 0 Å². The van der Waals surface area contributed by atoms with Crippen LogP contribution in [0.15, 0.2) is 0 Å². The highest BCUT2D eigenvalue weighted by atomic mass is 16.5. The molecule has 0 radical (unpaired) electrons. The van der Waals surface area contributed by atoms with Crippen molar-refractivity contribution in [2.24, 2.45) is 17.8 Å². The third-order valence-electron chi connectivity index (χ3n) is 4.02. The normalized spacial score (nSPS) is 41.2. The fourth-order valence-corrected chi connectivity index (χ4v) is 2.64. The van der Waals surface area contributed by atoms with Gasteiger partial charge in [0.2, 0.25) is 0 Å². The van der Waals surface area contributed by atoms with Gasteiger partial charge in [0.05, 0.1) is 6.10 Å². The zero-order valence-corrected chi connectivity index (χ0v) is 9.96. The molecule has 2 aliphatic rings. The van der Waals surface area contributed by atoms with Gasteiger partial charge >= 0.3 is 0 Å². The molecule has 3 nitrogen and oxygen atoms in total. The molecule has 4 atom stereocenters. The average Bonchev–Trinajstić information content (AvgIpc) is 2.78. The second-order valence-corrected chi connectivity index (χ2v) is 5.18. The van der Waals surface area contributed by atoms with E-state index in [2.05, 4.69) is 24.5 Å². The molecule has 0 saturated carbocycles. The summed E-state index contributed by atoms with van der Waals surface area (Å²) in [6.07, 6.45) is 1.68. The Kier molecular flexibility index (Phi) is 4.00. The lowest BCUT2D eigenvalue weighted by molar-refractivity contribution is 0.105. The lowest BCUT2D eigenvalue weighted by Gasteiger charge is -2.18. The predicted octanol–water partition coefficient (Wildman–Crippen LogP) is 0.857. The molecule has 15 heavy (non-hydrogen) atoms. The van der Waals surface area contributed by atoms with Crippen LogP contribution in [-0.2, 0) is 4.74 Å². The van der Waals surface area contributed by atoms with Crippen molar-refractivity contribution in [3.8, 4) is 0 Å². The van der Waals surface area contributed by atoms with E-state index in [1.807, 2.05) is 0 Å². The summed E-state index contributed by atoms with van der Waals surface area (Å²) in [4.78, 5) is 0. The quantitative estimate of drug-likeness (QED) is 0.725. The zero-order chi connectivity index (χ0) is 10.7. The lowest BCUT2D eigenvalue weighted by atomic mass is 9.97. The Hall–Kier alpha value is -0.120. The molecule has 2 N–H and O–H groups in total. The topological polar surface area (TPSA) is 33.3 Å². The van der Waals surface area contributed by atoms with Gasteiger partial charge in [0.1, 0.15) is 0 Å². The minimum atomic E-state index is 0.455. The van der Waals surface area contributed by atoms with Crippen LogP contribution in [0, 0.1) is 17.8 Å². The van der Waals surface area contributed by atoms with E-state index >= 15 is 0 Å². The van der Waals surface area contributed by atoms with Gasteiger partial charge in [-0.15, -0.1) is 0 Å². The zero-order valence-electron chi connectivity index (χ0n) is 9.96. The average molecular weight is 212 g/mol. The van der Waals surface area contributed by atoms with E-state index < -0.39 is 0 Å². The van der Waals surface area contributed by atoms with Crippen LogP contribution in [-0.4, -0.2) is 38.9 Å². The van der Waals surface area contributed by atoms with Crippen LogP contribution < -0.4 is 10.6 Å². The van der Waals surface area contributed by atoms with E-state index in [-0.39, 0.29) is 0 Å². The predicted molar refractivity (Wildman–Crippen MR) is 61.9 cm³/mol. The Morgan fingerprint density at radius 1 is 1.20 bits per heavy atom. The Labute approximate surface area is 93.0 Å². The molecule has 0 aromatic carbocycles. The molecular formula is C12H24N2O. The highest BCUT2D eigenvalue weighted by molar-refractivity contribution is 4.81. The third-order valence-corrected chi connectivity index (χ3v) is 4.02. The van der Waals surface area contributed by atoms with Crippen molar-refractivity contribution in [1.82, 2.24) is 10.6 Å². The molecular weight excluding hydrogens is 188 g/mol. The lowest BCUT2D eigenvalue weighted by Crippen LogP contribution is -2.33. The van der Waals surface area contributed by atoms with Gasteiger partial charge < -0.3 is 15.4 Å². The van der Waals surface area contributed by atoms with E-state index in [1.165, 1.54) is 19.5 Å². The van der Waals surface area contributed by atoms with Crippen molar-refractivity contribution >= 4 is 0 Å². The summed E-state index contributed by atoms with van der Waals surface area (Å²) in [5, 5.41) is 7.05. The third kappa shape index (κ3) is 2.92. The van der Waals surface area contributed by atoms with E-state index in [0.717, 1.165) is 37.5 Å². The Bertz CT molecular complexity index is 178. The first-order valence-electron chi connectivity index (χ1n) is 6.30. The van der Waals surface area contributed by atoms with Crippen molar-refractivity contribution in [3.05, 3.63) is 0 Å². The molecule has 0 spiro atoms. The smallest absolute Gasteiger partial charge is 0.0588 e. The van der Waals surface area contributed by atoms with Crippen molar-refractivity contribution in [2.45, 2.75) is 26.4 Å². The van der Waals surface area contributed by atoms with Crippen LogP contribution in [0.4, 0.5) is 0 Å². The number of hydrogen-bond donors (Lipinski definition) is 2. The first-order valence-corrected chi connectivity index (χ1v) is 6.30. The molecule has 2 heterocycles. The Balaban J connectivity index is 1.62. The van der Waals surface area contributed by atoms with Crippen LogP contribution in [0.3, 0.4) is 0 Å². The molecule has 4 unspecified atom stereocenters. The van der Waals surface area contributed by atoms with Crippen molar-refractivity contribution in [2.75, 3.05) is 32.8 Å². The van der Waals surface area contributed by atoms with E-state index in [9.17, 15) is 0 Å². The van der Waals surface area contributed by atoms with Gasteiger partial charge in [0.25, 0.3) is 0 Å². The molecule has 0 bridgehead atoms. The van der Waals surface area contributed by atoms with Crippen molar-refractivity contribution < 1.29 is 4.74 Å². The summed E-state index contributed by atoms with van der Waals surface area (Å²) in [7, 11) is 0. The summed E-state index contributed by atoms with van der Waals surface area (Å²) >= 11 is 0. The standard InChI is InChI=1S/C12H24N2O/c1-9-5-13-7-12(9)8-14-6-11-3-4-15-10(11)2/h9-14H,3-8H2,1-2H3. The fourth-order valence-electron chi connectivity index (χ4n) is 2.64. The van der Waals surface area contributed by atoms with E-state index in [0.29, 0.717) is 6.10 Å². The van der Waals surface area contributed by atoms with E-state index in [1.54, 1.807) is 0 Å². The maximum absolute atomic E-state index is 5.56. The van der Waals surface area contributed by atoms with Gasteiger partial charge in [-0.1, -0.05) is 6.92 Å². The van der Waals surface area contributed by atoms with Gasteiger partial charge in [-0.2, -0.15) is 0 Å². The maximum Gasteiger partial charge on any atom is 0.0588 e. The fraction of sp³-hybridized carbons (Fsp3) is 1.00. The van der Waals surface area contributed by atoms with Gasteiger partial charge in [-0.05, 0) is 50.7 Å². The molecule has 0 aromatic rings. The van der Waals surface area contributed by atoms with Crippen LogP contribution >= 0.6 is 0 Å². The van der Waals surface area contributed by atoms with Gasteiger partial charge in [0, 0.05) is 13.2 Å². The van der Waals surface area contributed by atoms with Gasteiger partial charge in [0.15, 0.2) is 0 Å². The minimum Gasteiger partial charge on any atom is -0.378 e. The molecule has 2 aliphatic heterocycles. The van der Waals surface area contributed by atoms with Crippen LogP contribution in [0.5, 0.6) is 0 Å². The number of rotatable bonds is 4. The number of nitrogens with one attached hydrogen (secondary N) is 2. The molecule has 2 saturated heterocycles. The highest BCUT2D eigenvalue weighted by Gasteiger charge is 2.25. The SMILES string of the molecule is CC1CNCC1CNCC1CCOC1C. The van der Waals surface area contributed by atoms with Crippen LogP contribution in [0.25, 0.3) is 0 Å². The van der Waals surface area contributed by atoms with Gasteiger partial charge in [-0.3, -0.25) is 0 Å². The first-order chi connectivity index (χ1) is 7.27. The summed E-state index contributed by atoms with van der Waals surface area (Å²) in [6.45, 7) is 10.2. The summed E-state index contributed by atoms with van der Waals surface area (Å²) in [5.74, 6) is 2.38. The van der Waals surface area contributed by atoms with Crippen LogP contribution in [0.1, 0.15) is 20.3 Å². The summed E-state index contributed by atoms with van der Waals surface area (Å²) < 4.78 is 5.56. The number of hydrogen-bond acceptors (Lipinski definition) is 3. The molecule has 3 heteroatoms. The Morgan fingerprint density at radius 2 is 2.00 bits per heavy atom. The summed E-state index contributed by atoms with van der Waals surface area (Å²) in [5.41, 5.74) is 0. The molecule has 2 fully saturated rings.